The molecule has 3 aliphatic rings. The summed E-state index contributed by atoms with van der Waals surface area (Å²) in [7, 11) is 0. The first kappa shape index (κ1) is 17.4. The second kappa shape index (κ2) is 7.28. The van der Waals surface area contributed by atoms with Gasteiger partial charge in [-0.05, 0) is 32.1 Å². The van der Waals surface area contributed by atoms with Crippen LogP contribution in [0.1, 0.15) is 31.9 Å². The summed E-state index contributed by atoms with van der Waals surface area (Å²) in [5, 5.41) is 0. The molecule has 0 spiro atoms. The van der Waals surface area contributed by atoms with E-state index in [1.807, 2.05) is 11.8 Å². The first-order chi connectivity index (χ1) is 12.6. The predicted octanol–water partition coefficient (Wildman–Crippen LogP) is -0.276. The van der Waals surface area contributed by atoms with E-state index in [1.54, 1.807) is 23.5 Å². The first-order valence-corrected chi connectivity index (χ1v) is 9.44. The number of hydrogen-bond donors (Lipinski definition) is 2. The van der Waals surface area contributed by atoms with Crippen LogP contribution < -0.4 is 10.9 Å². The van der Waals surface area contributed by atoms with Crippen molar-refractivity contribution < 1.29 is 9.59 Å². The van der Waals surface area contributed by atoms with Crippen molar-refractivity contribution >= 4 is 11.8 Å². The number of piperazine rings is 1. The van der Waals surface area contributed by atoms with E-state index in [-0.39, 0.29) is 36.9 Å². The molecule has 2 aliphatic heterocycles. The Morgan fingerprint density at radius 1 is 1.35 bits per heavy atom. The van der Waals surface area contributed by atoms with E-state index >= 15 is 0 Å². The van der Waals surface area contributed by atoms with Crippen LogP contribution in [0.15, 0.2) is 18.6 Å². The van der Waals surface area contributed by atoms with Crippen LogP contribution in [0.4, 0.5) is 0 Å². The third-order valence-electron chi connectivity index (χ3n) is 5.95. The number of hydrogen-bond acceptors (Lipinski definition) is 6. The number of hydrazine groups is 1. The summed E-state index contributed by atoms with van der Waals surface area (Å²) >= 11 is 0. The fraction of sp³-hybridized carbons (Fsp3) is 0.667. The van der Waals surface area contributed by atoms with Crippen LogP contribution >= 0.6 is 0 Å². The lowest BCUT2D eigenvalue weighted by Crippen LogP contribution is -2.61. The Bertz CT molecular complexity index is 669. The molecule has 3 fully saturated rings. The molecule has 1 aliphatic carbocycles. The maximum atomic E-state index is 12.8. The Kier molecular flexibility index (Phi) is 4.86. The lowest BCUT2D eigenvalue weighted by molar-refractivity contribution is -0.151. The number of amides is 2. The lowest BCUT2D eigenvalue weighted by atomic mass is 9.82. The van der Waals surface area contributed by atoms with E-state index < -0.39 is 0 Å². The molecule has 8 heteroatoms. The Labute approximate surface area is 153 Å². The Hall–Kier alpha value is -2.06. The third-order valence-corrected chi connectivity index (χ3v) is 5.95. The van der Waals surface area contributed by atoms with Gasteiger partial charge in [-0.2, -0.15) is 0 Å². The zero-order valence-corrected chi connectivity index (χ0v) is 15.1. The van der Waals surface area contributed by atoms with Crippen LogP contribution in [0.25, 0.3) is 0 Å². The maximum Gasteiger partial charge on any atom is 0.242 e. The van der Waals surface area contributed by atoms with Crippen LogP contribution in [-0.4, -0.2) is 69.3 Å². The molecule has 4 rings (SSSR count). The van der Waals surface area contributed by atoms with Crippen molar-refractivity contribution in [2.75, 3.05) is 19.6 Å². The zero-order valence-electron chi connectivity index (χ0n) is 15.1. The second-order valence-corrected chi connectivity index (χ2v) is 7.65. The van der Waals surface area contributed by atoms with Crippen molar-refractivity contribution in [1.82, 2.24) is 30.6 Å². The summed E-state index contributed by atoms with van der Waals surface area (Å²) < 4.78 is 0. The predicted molar refractivity (Wildman–Crippen MR) is 94.7 cm³/mol. The molecule has 4 unspecified atom stereocenters. The van der Waals surface area contributed by atoms with Gasteiger partial charge in [0.2, 0.25) is 11.8 Å². The number of rotatable bonds is 3. The Morgan fingerprint density at radius 3 is 3.04 bits per heavy atom. The molecule has 2 saturated heterocycles. The van der Waals surface area contributed by atoms with Gasteiger partial charge in [-0.15, -0.1) is 0 Å². The molecule has 2 N–H and O–H groups in total. The van der Waals surface area contributed by atoms with Crippen molar-refractivity contribution in [3.05, 3.63) is 24.3 Å². The third kappa shape index (κ3) is 3.43. The average Bonchev–Trinajstić information content (AvgIpc) is 3.11. The van der Waals surface area contributed by atoms with Gasteiger partial charge < -0.3 is 9.80 Å². The van der Waals surface area contributed by atoms with Crippen LogP contribution in [0.5, 0.6) is 0 Å². The number of nitrogens with one attached hydrogen (secondary N) is 2. The van der Waals surface area contributed by atoms with Gasteiger partial charge in [-0.1, -0.05) is 0 Å². The summed E-state index contributed by atoms with van der Waals surface area (Å²) in [5.41, 5.74) is 7.21. The van der Waals surface area contributed by atoms with Gasteiger partial charge in [0.1, 0.15) is 6.54 Å². The summed E-state index contributed by atoms with van der Waals surface area (Å²) in [6, 6.07) is 0.744. The molecule has 1 aromatic heterocycles. The summed E-state index contributed by atoms with van der Waals surface area (Å²) in [5.74, 6) is 0.676. The highest BCUT2D eigenvalue weighted by Crippen LogP contribution is 2.31. The van der Waals surface area contributed by atoms with Gasteiger partial charge in [0.15, 0.2) is 0 Å². The topological polar surface area (TPSA) is 90.5 Å². The highest BCUT2D eigenvalue weighted by molar-refractivity contribution is 5.87. The van der Waals surface area contributed by atoms with E-state index in [0.29, 0.717) is 24.2 Å². The van der Waals surface area contributed by atoms with E-state index in [9.17, 15) is 9.59 Å². The summed E-state index contributed by atoms with van der Waals surface area (Å²) in [4.78, 5) is 37.2. The lowest BCUT2D eigenvalue weighted by Gasteiger charge is -2.45. The molecule has 0 bridgehead atoms. The molecule has 8 nitrogen and oxygen atoms in total. The molecule has 26 heavy (non-hydrogen) atoms. The minimum absolute atomic E-state index is 0.0178. The van der Waals surface area contributed by atoms with Gasteiger partial charge >= 0.3 is 0 Å². The second-order valence-electron chi connectivity index (χ2n) is 7.65. The summed E-state index contributed by atoms with van der Waals surface area (Å²) in [6.45, 7) is 3.82. The number of fused-ring (bicyclic) bond motifs is 1. The minimum atomic E-state index is -0.0589. The molecular formula is C18H26N6O2. The van der Waals surface area contributed by atoms with E-state index in [0.717, 1.165) is 25.8 Å². The van der Waals surface area contributed by atoms with Crippen molar-refractivity contribution in [2.45, 2.75) is 50.7 Å². The molecule has 140 valence electrons. The van der Waals surface area contributed by atoms with Crippen LogP contribution in [-0.2, 0) is 16.0 Å². The van der Waals surface area contributed by atoms with Gasteiger partial charge in [0.25, 0.3) is 0 Å². The molecule has 1 saturated carbocycles. The smallest absolute Gasteiger partial charge is 0.242 e. The molecule has 3 heterocycles. The van der Waals surface area contributed by atoms with Crippen molar-refractivity contribution in [3.63, 3.8) is 0 Å². The van der Waals surface area contributed by atoms with E-state index in [4.69, 9.17) is 0 Å². The van der Waals surface area contributed by atoms with Gasteiger partial charge in [-0.3, -0.25) is 30.4 Å². The van der Waals surface area contributed by atoms with Gasteiger partial charge in [0, 0.05) is 49.8 Å². The molecule has 4 atom stereocenters. The number of carbonyl (C=O) groups is 2. The largest absolute Gasteiger partial charge is 0.336 e. The summed E-state index contributed by atoms with van der Waals surface area (Å²) in [6.07, 6.45) is 8.14. The van der Waals surface area contributed by atoms with E-state index in [2.05, 4.69) is 20.8 Å². The van der Waals surface area contributed by atoms with Crippen molar-refractivity contribution in [1.29, 1.82) is 0 Å². The average molecular weight is 358 g/mol. The normalized spacial score (nSPS) is 31.8. The van der Waals surface area contributed by atoms with Gasteiger partial charge in [-0.25, -0.2) is 0 Å². The Morgan fingerprint density at radius 2 is 2.23 bits per heavy atom. The monoisotopic (exact) mass is 358 g/mol. The highest BCUT2D eigenvalue weighted by atomic mass is 16.2. The fourth-order valence-corrected chi connectivity index (χ4v) is 4.48. The standard InChI is InChI=1S/C18H26N6O2/c1-12-10-24(15-3-2-13-8-21-22-16(13)7-15)18(26)11-23(12)17(25)6-14-9-19-4-5-20-14/h4-5,9,12-13,15-16,21-22H,2-3,6-8,10-11H2,1H3. The van der Waals surface area contributed by atoms with Crippen LogP contribution in [0, 0.1) is 5.92 Å². The minimum Gasteiger partial charge on any atom is -0.336 e. The molecular weight excluding hydrogens is 332 g/mol. The van der Waals surface area contributed by atoms with E-state index in [1.165, 1.54) is 0 Å². The van der Waals surface area contributed by atoms with Crippen LogP contribution in [0.2, 0.25) is 0 Å². The zero-order chi connectivity index (χ0) is 18.1. The first-order valence-electron chi connectivity index (χ1n) is 9.44. The highest BCUT2D eigenvalue weighted by Gasteiger charge is 2.41. The molecule has 2 amide bonds. The number of aromatic nitrogens is 2. The molecule has 0 aromatic carbocycles. The maximum absolute atomic E-state index is 12.8. The van der Waals surface area contributed by atoms with Crippen molar-refractivity contribution in [3.8, 4) is 0 Å². The SMILES string of the molecule is CC1CN(C2CCC3CNNC3C2)C(=O)CN1C(=O)Cc1cnccn1. The van der Waals surface area contributed by atoms with Crippen LogP contribution in [0.3, 0.4) is 0 Å². The quantitative estimate of drug-likeness (QED) is 0.773. The number of nitrogens with zero attached hydrogens (tertiary/aromatic N) is 4. The van der Waals surface area contributed by atoms with Crippen molar-refractivity contribution in [2.24, 2.45) is 5.92 Å². The molecule has 0 radical (unpaired) electrons. The fourth-order valence-electron chi connectivity index (χ4n) is 4.48. The Balaban J connectivity index is 1.38. The van der Waals surface area contributed by atoms with Gasteiger partial charge in [0.05, 0.1) is 12.1 Å². The number of carbonyl (C=O) groups excluding carboxylic acids is 2. The molecule has 1 aromatic rings.